The summed E-state index contributed by atoms with van der Waals surface area (Å²) in [6, 6.07) is 0. The molecule has 1 aliphatic rings. The first-order valence-electron chi connectivity index (χ1n) is 6.43. The van der Waals surface area contributed by atoms with Crippen molar-refractivity contribution < 1.29 is 18.0 Å². The van der Waals surface area contributed by atoms with Crippen LogP contribution < -0.4 is 0 Å². The van der Waals surface area contributed by atoms with Gasteiger partial charge >= 0.3 is 6.18 Å². The zero-order chi connectivity index (χ0) is 13.6. The third kappa shape index (κ3) is 5.56. The van der Waals surface area contributed by atoms with Crippen LogP contribution in [0.4, 0.5) is 13.2 Å². The van der Waals surface area contributed by atoms with E-state index in [0.717, 1.165) is 24.2 Å². The number of rotatable bonds is 6. The largest absolute Gasteiger partial charge is 0.406 e. The highest BCUT2D eigenvalue weighted by atomic mass is 19.4. The second kappa shape index (κ2) is 6.81. The molecule has 18 heavy (non-hydrogen) atoms. The van der Waals surface area contributed by atoms with Gasteiger partial charge in [0.2, 0.25) is 5.91 Å². The van der Waals surface area contributed by atoms with Crippen molar-refractivity contribution in [3.8, 4) is 0 Å². The van der Waals surface area contributed by atoms with Gasteiger partial charge in [0.25, 0.3) is 0 Å². The fraction of sp³-hybridized carbons (Fsp3) is 0.769. The van der Waals surface area contributed by atoms with Crippen LogP contribution in [0.2, 0.25) is 0 Å². The van der Waals surface area contributed by atoms with Gasteiger partial charge in [0, 0.05) is 13.0 Å². The van der Waals surface area contributed by atoms with Gasteiger partial charge in [-0.05, 0) is 25.2 Å². The van der Waals surface area contributed by atoms with Gasteiger partial charge in [-0.1, -0.05) is 25.5 Å². The van der Waals surface area contributed by atoms with Crippen LogP contribution in [0.3, 0.4) is 0 Å². The number of amides is 1. The Kier molecular flexibility index (Phi) is 5.69. The SMILES string of the molecule is CCCCN(CC(F)(F)F)C(=O)CC1C=CCC1. The van der Waals surface area contributed by atoms with Crippen LogP contribution in [0.15, 0.2) is 12.2 Å². The molecule has 0 spiro atoms. The van der Waals surface area contributed by atoms with Gasteiger partial charge in [-0.3, -0.25) is 4.79 Å². The maximum Gasteiger partial charge on any atom is 0.406 e. The van der Waals surface area contributed by atoms with E-state index in [1.165, 1.54) is 0 Å². The number of hydrogen-bond acceptors (Lipinski definition) is 1. The van der Waals surface area contributed by atoms with Gasteiger partial charge in [0.05, 0.1) is 0 Å². The lowest BCUT2D eigenvalue weighted by molar-refractivity contribution is -0.161. The molecular weight excluding hydrogens is 243 g/mol. The summed E-state index contributed by atoms with van der Waals surface area (Å²) in [5.41, 5.74) is 0. The minimum Gasteiger partial charge on any atom is -0.334 e. The summed E-state index contributed by atoms with van der Waals surface area (Å²) < 4.78 is 37.2. The molecule has 0 saturated heterocycles. The maximum absolute atomic E-state index is 12.4. The van der Waals surface area contributed by atoms with E-state index < -0.39 is 12.7 Å². The van der Waals surface area contributed by atoms with E-state index in [1.807, 2.05) is 19.1 Å². The zero-order valence-corrected chi connectivity index (χ0v) is 10.7. The third-order valence-corrected chi connectivity index (χ3v) is 3.05. The second-order valence-corrected chi connectivity index (χ2v) is 4.75. The molecule has 0 fully saturated rings. The fourth-order valence-corrected chi connectivity index (χ4v) is 2.08. The van der Waals surface area contributed by atoms with E-state index in [2.05, 4.69) is 0 Å². The van der Waals surface area contributed by atoms with Crippen LogP contribution in [-0.2, 0) is 4.79 Å². The number of halogens is 3. The highest BCUT2D eigenvalue weighted by Gasteiger charge is 2.33. The molecule has 0 radical (unpaired) electrons. The quantitative estimate of drug-likeness (QED) is 0.671. The van der Waals surface area contributed by atoms with E-state index >= 15 is 0 Å². The Morgan fingerprint density at radius 2 is 2.17 bits per heavy atom. The van der Waals surface area contributed by atoms with Crippen LogP contribution in [0.5, 0.6) is 0 Å². The summed E-state index contributed by atoms with van der Waals surface area (Å²) in [5, 5.41) is 0. The number of allylic oxidation sites excluding steroid dienone is 2. The van der Waals surface area contributed by atoms with E-state index in [0.29, 0.717) is 6.42 Å². The van der Waals surface area contributed by atoms with Crippen molar-refractivity contribution >= 4 is 5.91 Å². The molecule has 0 aromatic carbocycles. The van der Waals surface area contributed by atoms with Crippen molar-refractivity contribution in [2.75, 3.05) is 13.1 Å². The van der Waals surface area contributed by atoms with Crippen LogP contribution in [-0.4, -0.2) is 30.1 Å². The summed E-state index contributed by atoms with van der Waals surface area (Å²) in [6.45, 7) is 0.976. The number of hydrogen-bond donors (Lipinski definition) is 0. The summed E-state index contributed by atoms with van der Waals surface area (Å²) >= 11 is 0. The standard InChI is InChI=1S/C13H20F3NO/c1-2-3-8-17(10-13(14,15)16)12(18)9-11-6-4-5-7-11/h4,6,11H,2-3,5,7-10H2,1H3. The van der Waals surface area contributed by atoms with E-state index in [9.17, 15) is 18.0 Å². The average Bonchev–Trinajstić information content (AvgIpc) is 2.75. The number of nitrogens with zero attached hydrogens (tertiary/aromatic N) is 1. The highest BCUT2D eigenvalue weighted by molar-refractivity contribution is 5.76. The minimum atomic E-state index is -4.31. The van der Waals surface area contributed by atoms with Gasteiger partial charge in [0.1, 0.15) is 6.54 Å². The lowest BCUT2D eigenvalue weighted by Gasteiger charge is -2.25. The predicted molar refractivity (Wildman–Crippen MR) is 64.0 cm³/mol. The molecule has 1 atom stereocenters. The fourth-order valence-electron chi connectivity index (χ4n) is 2.08. The van der Waals surface area contributed by atoms with Crippen LogP contribution >= 0.6 is 0 Å². The molecule has 104 valence electrons. The zero-order valence-electron chi connectivity index (χ0n) is 10.7. The first-order valence-corrected chi connectivity index (χ1v) is 6.43. The molecule has 0 aromatic heterocycles. The van der Waals surface area contributed by atoms with Gasteiger partial charge < -0.3 is 4.90 Å². The topological polar surface area (TPSA) is 20.3 Å². The Hall–Kier alpha value is -1.00. The van der Waals surface area contributed by atoms with Gasteiger partial charge in [0.15, 0.2) is 0 Å². The molecule has 0 N–H and O–H groups in total. The van der Waals surface area contributed by atoms with Crippen LogP contribution in [0.25, 0.3) is 0 Å². The molecule has 1 aliphatic carbocycles. The van der Waals surface area contributed by atoms with Gasteiger partial charge in [-0.25, -0.2) is 0 Å². The Labute approximate surface area is 106 Å². The Balaban J connectivity index is 2.51. The van der Waals surface area contributed by atoms with E-state index in [4.69, 9.17) is 0 Å². The Morgan fingerprint density at radius 1 is 1.44 bits per heavy atom. The molecule has 0 bridgehead atoms. The second-order valence-electron chi connectivity index (χ2n) is 4.75. The molecule has 1 unspecified atom stereocenters. The van der Waals surface area contributed by atoms with Crippen LogP contribution in [0, 0.1) is 5.92 Å². The highest BCUT2D eigenvalue weighted by Crippen LogP contribution is 2.23. The normalized spacial score (nSPS) is 19.2. The summed E-state index contributed by atoms with van der Waals surface area (Å²) in [4.78, 5) is 12.8. The molecule has 1 amide bonds. The van der Waals surface area contributed by atoms with Crippen molar-refractivity contribution in [2.45, 2.75) is 45.2 Å². The van der Waals surface area contributed by atoms with Crippen molar-refractivity contribution in [2.24, 2.45) is 5.92 Å². The molecule has 5 heteroatoms. The smallest absolute Gasteiger partial charge is 0.334 e. The number of carbonyl (C=O) groups excluding carboxylic acids is 1. The Morgan fingerprint density at radius 3 is 2.67 bits per heavy atom. The van der Waals surface area contributed by atoms with E-state index in [1.54, 1.807) is 0 Å². The maximum atomic E-state index is 12.4. The number of alkyl halides is 3. The summed E-state index contributed by atoms with van der Waals surface area (Å²) in [6.07, 6.45) is 3.01. The first-order chi connectivity index (χ1) is 8.42. The summed E-state index contributed by atoms with van der Waals surface area (Å²) in [5.74, 6) is -0.257. The molecule has 1 rings (SSSR count). The average molecular weight is 263 g/mol. The van der Waals surface area contributed by atoms with Crippen molar-refractivity contribution in [1.82, 2.24) is 4.90 Å². The number of carbonyl (C=O) groups is 1. The monoisotopic (exact) mass is 263 g/mol. The van der Waals surface area contributed by atoms with Crippen molar-refractivity contribution in [3.63, 3.8) is 0 Å². The summed E-state index contributed by atoms with van der Waals surface area (Å²) in [7, 11) is 0. The minimum absolute atomic E-state index is 0.120. The number of unbranched alkanes of at least 4 members (excludes halogenated alkanes) is 1. The lowest BCUT2D eigenvalue weighted by Crippen LogP contribution is -2.40. The van der Waals surface area contributed by atoms with Gasteiger partial charge in [-0.15, -0.1) is 0 Å². The van der Waals surface area contributed by atoms with Crippen LogP contribution in [0.1, 0.15) is 39.0 Å². The van der Waals surface area contributed by atoms with Crippen molar-refractivity contribution in [3.05, 3.63) is 12.2 Å². The molecule has 0 aromatic rings. The Bertz CT molecular complexity index is 299. The predicted octanol–water partition coefficient (Wildman–Crippen LogP) is 3.53. The first kappa shape index (κ1) is 15.1. The molecule has 0 saturated carbocycles. The molecule has 2 nitrogen and oxygen atoms in total. The van der Waals surface area contributed by atoms with E-state index in [-0.39, 0.29) is 24.8 Å². The lowest BCUT2D eigenvalue weighted by atomic mass is 10.0. The molecule has 0 aliphatic heterocycles. The molecule has 0 heterocycles. The molecular formula is C13H20F3NO. The third-order valence-electron chi connectivity index (χ3n) is 3.05. The van der Waals surface area contributed by atoms with Crippen molar-refractivity contribution in [1.29, 1.82) is 0 Å². The van der Waals surface area contributed by atoms with Gasteiger partial charge in [-0.2, -0.15) is 13.2 Å².